The molecule has 0 saturated carbocycles. The molecule has 2 rings (SSSR count). The Morgan fingerprint density at radius 3 is 2.32 bits per heavy atom. The first-order chi connectivity index (χ1) is 8.80. The first kappa shape index (κ1) is 13.1. The smallest absolute Gasteiger partial charge is 0.313 e. The summed E-state index contributed by atoms with van der Waals surface area (Å²) in [5, 5.41) is 0. The maximum atomic E-state index is 13.8. The van der Waals surface area contributed by atoms with Crippen LogP contribution in [0.25, 0.3) is 11.1 Å². The van der Waals surface area contributed by atoms with Crippen molar-refractivity contribution in [3.05, 3.63) is 56.6 Å². The molecule has 0 saturated heterocycles. The summed E-state index contributed by atoms with van der Waals surface area (Å²) in [4.78, 5) is 26.1. The van der Waals surface area contributed by atoms with Gasteiger partial charge in [-0.25, -0.2) is 9.18 Å². The molecule has 4 nitrogen and oxygen atoms in total. The zero-order valence-electron chi connectivity index (χ0n) is 9.14. The van der Waals surface area contributed by atoms with Gasteiger partial charge in [0.1, 0.15) is 5.82 Å². The topological polar surface area (TPSA) is 65.7 Å². The molecule has 0 bridgehead atoms. The highest BCUT2D eigenvalue weighted by Gasteiger charge is 2.35. The molecule has 0 unspecified atom stereocenters. The van der Waals surface area contributed by atoms with Crippen LogP contribution in [0.2, 0.25) is 0 Å². The second kappa shape index (κ2) is 4.38. The Kier molecular flexibility index (Phi) is 3.01. The fourth-order valence-corrected chi connectivity index (χ4v) is 1.57. The maximum absolute atomic E-state index is 13.8. The lowest BCUT2D eigenvalue weighted by molar-refractivity contribution is -0.139. The van der Waals surface area contributed by atoms with Crippen molar-refractivity contribution in [3.8, 4) is 11.1 Å². The van der Waals surface area contributed by atoms with Gasteiger partial charge in [-0.3, -0.25) is 9.78 Å². The van der Waals surface area contributed by atoms with E-state index in [0.29, 0.717) is 6.07 Å². The molecule has 0 amide bonds. The number of hydrogen-bond donors (Lipinski definition) is 2. The lowest BCUT2D eigenvalue weighted by atomic mass is 10.0. The first-order valence-electron chi connectivity index (χ1n) is 4.99. The summed E-state index contributed by atoms with van der Waals surface area (Å²) in [5.41, 5.74) is -4.20. The van der Waals surface area contributed by atoms with Gasteiger partial charge < -0.3 is 4.98 Å². The van der Waals surface area contributed by atoms with Crippen molar-refractivity contribution in [3.63, 3.8) is 0 Å². The largest absolute Gasteiger partial charge is 0.419 e. The van der Waals surface area contributed by atoms with Gasteiger partial charge in [-0.15, -0.1) is 0 Å². The third kappa shape index (κ3) is 2.42. The van der Waals surface area contributed by atoms with E-state index in [1.54, 1.807) is 0 Å². The van der Waals surface area contributed by atoms with Crippen LogP contribution in [0.5, 0.6) is 0 Å². The Morgan fingerprint density at radius 1 is 1.05 bits per heavy atom. The van der Waals surface area contributed by atoms with Gasteiger partial charge in [-0.2, -0.15) is 13.2 Å². The Bertz CT molecular complexity index is 730. The molecular formula is C11H6F4N2O2. The molecule has 0 radical (unpaired) electrons. The van der Waals surface area contributed by atoms with Gasteiger partial charge in [0.25, 0.3) is 5.56 Å². The maximum Gasteiger partial charge on any atom is 0.419 e. The van der Waals surface area contributed by atoms with E-state index in [1.165, 1.54) is 0 Å². The van der Waals surface area contributed by atoms with Gasteiger partial charge in [0.15, 0.2) is 0 Å². The van der Waals surface area contributed by atoms with Crippen LogP contribution < -0.4 is 11.2 Å². The molecule has 0 aliphatic carbocycles. The molecule has 0 aliphatic rings. The van der Waals surface area contributed by atoms with Crippen LogP contribution >= 0.6 is 0 Å². The number of alkyl halides is 3. The number of halogens is 4. The minimum atomic E-state index is -4.87. The van der Waals surface area contributed by atoms with Crippen molar-refractivity contribution in [2.45, 2.75) is 6.18 Å². The molecule has 1 heterocycles. The van der Waals surface area contributed by atoms with E-state index in [4.69, 9.17) is 0 Å². The van der Waals surface area contributed by atoms with Crippen LogP contribution in [0.3, 0.4) is 0 Å². The predicted molar refractivity (Wildman–Crippen MR) is 58.1 cm³/mol. The standard InChI is InChI=1S/C11H6F4N2O2/c12-8-5(2-1-3-7(8)11(13,14)15)6-4-16-10(19)17-9(6)18/h1-4H,(H2,16,17,18,19). The van der Waals surface area contributed by atoms with E-state index < -0.39 is 34.4 Å². The molecule has 0 aliphatic heterocycles. The minimum Gasteiger partial charge on any atom is -0.313 e. The second-order valence-electron chi connectivity index (χ2n) is 3.65. The summed E-state index contributed by atoms with van der Waals surface area (Å²) in [5.74, 6) is -1.56. The van der Waals surface area contributed by atoms with Crippen LogP contribution in [0.4, 0.5) is 17.6 Å². The molecule has 19 heavy (non-hydrogen) atoms. The van der Waals surface area contributed by atoms with Crippen LogP contribution in [0.15, 0.2) is 34.0 Å². The molecule has 0 atom stereocenters. The Morgan fingerprint density at radius 2 is 1.74 bits per heavy atom. The van der Waals surface area contributed by atoms with Crippen molar-refractivity contribution in [2.24, 2.45) is 0 Å². The third-order valence-corrected chi connectivity index (χ3v) is 2.41. The lowest BCUT2D eigenvalue weighted by Gasteiger charge is -2.10. The van der Waals surface area contributed by atoms with E-state index in [2.05, 4.69) is 4.98 Å². The average Bonchev–Trinajstić information content (AvgIpc) is 2.28. The molecule has 0 fully saturated rings. The second-order valence-corrected chi connectivity index (χ2v) is 3.65. The van der Waals surface area contributed by atoms with Crippen LogP contribution in [0, 0.1) is 5.82 Å². The van der Waals surface area contributed by atoms with Crippen molar-refractivity contribution < 1.29 is 17.6 Å². The number of hydrogen-bond acceptors (Lipinski definition) is 2. The molecule has 2 aromatic rings. The molecule has 1 aromatic carbocycles. The Balaban J connectivity index is 2.71. The number of rotatable bonds is 1. The highest BCUT2D eigenvalue weighted by molar-refractivity contribution is 5.63. The molecule has 2 N–H and O–H groups in total. The summed E-state index contributed by atoms with van der Waals surface area (Å²) in [6.07, 6.45) is -4.01. The minimum absolute atomic E-state index is 0.386. The van der Waals surface area contributed by atoms with Gasteiger partial charge in [-0.05, 0) is 6.07 Å². The monoisotopic (exact) mass is 274 g/mol. The molecule has 8 heteroatoms. The number of aromatic nitrogens is 2. The lowest BCUT2D eigenvalue weighted by Crippen LogP contribution is -2.23. The Hall–Kier alpha value is -2.38. The van der Waals surface area contributed by atoms with Crippen LogP contribution in [0.1, 0.15) is 5.56 Å². The summed E-state index contributed by atoms with van der Waals surface area (Å²) >= 11 is 0. The molecule has 100 valence electrons. The van der Waals surface area contributed by atoms with Gasteiger partial charge in [0.2, 0.25) is 0 Å². The van der Waals surface area contributed by atoms with Gasteiger partial charge in [-0.1, -0.05) is 12.1 Å². The number of benzene rings is 1. The molecule has 0 spiro atoms. The normalized spacial score (nSPS) is 11.6. The SMILES string of the molecule is O=c1[nH]cc(-c2cccc(C(F)(F)F)c2F)c(=O)[nH]1. The van der Waals surface area contributed by atoms with Gasteiger partial charge >= 0.3 is 11.9 Å². The zero-order valence-corrected chi connectivity index (χ0v) is 9.14. The van der Waals surface area contributed by atoms with Crippen LogP contribution in [-0.2, 0) is 6.18 Å². The fourth-order valence-electron chi connectivity index (χ4n) is 1.57. The van der Waals surface area contributed by atoms with Crippen molar-refractivity contribution in [1.29, 1.82) is 0 Å². The van der Waals surface area contributed by atoms with Gasteiger partial charge in [0, 0.05) is 11.8 Å². The van der Waals surface area contributed by atoms with E-state index in [0.717, 1.165) is 18.3 Å². The quantitative estimate of drug-likeness (QED) is 0.780. The van der Waals surface area contributed by atoms with Gasteiger partial charge in [0.05, 0.1) is 11.1 Å². The van der Waals surface area contributed by atoms with Crippen molar-refractivity contribution in [1.82, 2.24) is 9.97 Å². The average molecular weight is 274 g/mol. The summed E-state index contributed by atoms with van der Waals surface area (Å²) in [7, 11) is 0. The first-order valence-corrected chi connectivity index (χ1v) is 4.99. The highest BCUT2D eigenvalue weighted by atomic mass is 19.4. The number of H-pyrrole nitrogens is 2. The Labute approximate surface area is 102 Å². The fraction of sp³-hybridized carbons (Fsp3) is 0.0909. The predicted octanol–water partition coefficient (Wildman–Crippen LogP) is 1.89. The summed E-state index contributed by atoms with van der Waals surface area (Å²) in [6.45, 7) is 0. The number of nitrogens with one attached hydrogen (secondary N) is 2. The zero-order chi connectivity index (χ0) is 14.2. The van der Waals surface area contributed by atoms with Crippen LogP contribution in [-0.4, -0.2) is 9.97 Å². The van der Waals surface area contributed by atoms with E-state index in [9.17, 15) is 27.2 Å². The molecular weight excluding hydrogens is 268 g/mol. The van der Waals surface area contributed by atoms with E-state index in [-0.39, 0.29) is 5.56 Å². The molecule has 1 aromatic heterocycles. The van der Waals surface area contributed by atoms with E-state index >= 15 is 0 Å². The highest BCUT2D eigenvalue weighted by Crippen LogP contribution is 2.34. The van der Waals surface area contributed by atoms with Crippen molar-refractivity contribution in [2.75, 3.05) is 0 Å². The van der Waals surface area contributed by atoms with E-state index in [1.807, 2.05) is 4.98 Å². The number of aromatic amines is 2. The summed E-state index contributed by atoms with van der Waals surface area (Å²) in [6, 6.07) is 2.57. The summed E-state index contributed by atoms with van der Waals surface area (Å²) < 4.78 is 51.3. The van der Waals surface area contributed by atoms with Crippen molar-refractivity contribution >= 4 is 0 Å². The third-order valence-electron chi connectivity index (χ3n) is 2.41.